The van der Waals surface area contributed by atoms with Gasteiger partial charge in [-0.1, -0.05) is 0 Å². The zero-order valence-corrected chi connectivity index (χ0v) is 16.5. The van der Waals surface area contributed by atoms with Gasteiger partial charge < -0.3 is 24.4 Å². The standard InChI is InChI=1S/C19H25N3O4S/c1-19(2)12-26-18(23)22(19)14-5-7-21(8-6-14)17(27)20-13-3-4-15-16(11-13)25-10-9-24-15/h3-4,11,14H,5-10,12H2,1-2H3,(H,20,27). The lowest BCUT2D eigenvalue weighted by Gasteiger charge is -2.41. The third-order valence-electron chi connectivity index (χ3n) is 5.31. The van der Waals surface area contributed by atoms with E-state index in [-0.39, 0.29) is 17.7 Å². The third kappa shape index (κ3) is 3.63. The Morgan fingerprint density at radius 2 is 1.85 bits per heavy atom. The fourth-order valence-electron chi connectivity index (χ4n) is 3.92. The van der Waals surface area contributed by atoms with Gasteiger partial charge in [0, 0.05) is 30.9 Å². The molecule has 1 aromatic carbocycles. The van der Waals surface area contributed by atoms with Crippen LogP contribution in [0.3, 0.4) is 0 Å². The van der Waals surface area contributed by atoms with Crippen molar-refractivity contribution in [2.45, 2.75) is 38.3 Å². The van der Waals surface area contributed by atoms with Crippen molar-refractivity contribution in [1.29, 1.82) is 0 Å². The number of carbonyl (C=O) groups is 1. The lowest BCUT2D eigenvalue weighted by atomic mass is 9.97. The Hall–Kier alpha value is -2.22. The molecule has 0 aliphatic carbocycles. The topological polar surface area (TPSA) is 63.3 Å². The van der Waals surface area contributed by atoms with Gasteiger partial charge in [-0.25, -0.2) is 4.79 Å². The highest BCUT2D eigenvalue weighted by atomic mass is 32.1. The lowest BCUT2D eigenvalue weighted by molar-refractivity contribution is 0.103. The molecule has 0 saturated carbocycles. The molecule has 27 heavy (non-hydrogen) atoms. The summed E-state index contributed by atoms with van der Waals surface area (Å²) in [5.74, 6) is 1.50. The van der Waals surface area contributed by atoms with Gasteiger partial charge in [0.15, 0.2) is 16.6 Å². The summed E-state index contributed by atoms with van der Waals surface area (Å²) >= 11 is 5.59. The number of piperidine rings is 1. The van der Waals surface area contributed by atoms with Gasteiger partial charge in [0.2, 0.25) is 0 Å². The Balaban J connectivity index is 1.34. The lowest BCUT2D eigenvalue weighted by Crippen LogP contribution is -2.53. The van der Waals surface area contributed by atoms with Gasteiger partial charge in [-0.05, 0) is 51.0 Å². The molecular formula is C19H25N3O4S. The van der Waals surface area contributed by atoms with Crippen LogP contribution in [-0.4, -0.2) is 65.5 Å². The van der Waals surface area contributed by atoms with Crippen molar-refractivity contribution in [2.24, 2.45) is 0 Å². The molecule has 0 unspecified atom stereocenters. The van der Waals surface area contributed by atoms with Crippen LogP contribution in [-0.2, 0) is 4.74 Å². The van der Waals surface area contributed by atoms with Gasteiger partial charge in [-0.3, -0.25) is 4.90 Å². The second-order valence-corrected chi connectivity index (χ2v) is 8.13. The Kier molecular flexibility index (Phi) is 4.75. The number of amides is 1. The number of benzene rings is 1. The molecule has 1 aromatic rings. The number of ether oxygens (including phenoxy) is 3. The van der Waals surface area contributed by atoms with Crippen molar-refractivity contribution in [3.63, 3.8) is 0 Å². The number of nitrogens with one attached hydrogen (secondary N) is 1. The number of rotatable bonds is 2. The highest BCUT2D eigenvalue weighted by molar-refractivity contribution is 7.80. The van der Waals surface area contributed by atoms with Crippen molar-refractivity contribution in [3.05, 3.63) is 18.2 Å². The molecule has 0 atom stereocenters. The molecule has 0 radical (unpaired) electrons. The van der Waals surface area contributed by atoms with Crippen LogP contribution in [0.15, 0.2) is 18.2 Å². The van der Waals surface area contributed by atoms with E-state index < -0.39 is 0 Å². The Morgan fingerprint density at radius 1 is 1.15 bits per heavy atom. The fraction of sp³-hybridized carbons (Fsp3) is 0.579. The molecule has 8 heteroatoms. The molecule has 7 nitrogen and oxygen atoms in total. The largest absolute Gasteiger partial charge is 0.486 e. The summed E-state index contributed by atoms with van der Waals surface area (Å²) in [6, 6.07) is 5.95. The second kappa shape index (κ2) is 7.07. The summed E-state index contributed by atoms with van der Waals surface area (Å²) in [5.41, 5.74) is 0.643. The number of thiocarbonyl (C=S) groups is 1. The predicted octanol–water partition coefficient (Wildman–Crippen LogP) is 2.85. The monoisotopic (exact) mass is 391 g/mol. The van der Waals surface area contributed by atoms with E-state index in [4.69, 9.17) is 26.4 Å². The van der Waals surface area contributed by atoms with Crippen molar-refractivity contribution >= 4 is 29.1 Å². The van der Waals surface area contributed by atoms with E-state index in [0.717, 1.165) is 43.1 Å². The molecule has 2 saturated heterocycles. The molecule has 4 rings (SSSR count). The number of hydrogen-bond donors (Lipinski definition) is 1. The Morgan fingerprint density at radius 3 is 2.52 bits per heavy atom. The minimum atomic E-state index is -0.242. The van der Waals surface area contributed by atoms with E-state index in [1.54, 1.807) is 0 Å². The Labute approximate surface area is 164 Å². The van der Waals surface area contributed by atoms with Gasteiger partial charge >= 0.3 is 6.09 Å². The molecular weight excluding hydrogens is 366 g/mol. The molecule has 0 bridgehead atoms. The molecule has 1 N–H and O–H groups in total. The minimum absolute atomic E-state index is 0.198. The third-order valence-corrected chi connectivity index (χ3v) is 5.67. The van der Waals surface area contributed by atoms with Gasteiger partial charge in [0.05, 0.1) is 5.54 Å². The van der Waals surface area contributed by atoms with E-state index in [1.165, 1.54) is 0 Å². The van der Waals surface area contributed by atoms with Crippen molar-refractivity contribution < 1.29 is 19.0 Å². The number of anilines is 1. The van der Waals surface area contributed by atoms with Crippen molar-refractivity contribution in [2.75, 3.05) is 38.2 Å². The molecule has 3 aliphatic heterocycles. The quantitative estimate of drug-likeness (QED) is 0.778. The van der Waals surface area contributed by atoms with E-state index >= 15 is 0 Å². The van der Waals surface area contributed by atoms with Crippen LogP contribution in [0, 0.1) is 0 Å². The molecule has 1 amide bonds. The highest BCUT2D eigenvalue weighted by Crippen LogP contribution is 2.33. The molecule has 146 valence electrons. The number of fused-ring (bicyclic) bond motifs is 1. The van der Waals surface area contributed by atoms with Gasteiger partial charge in [-0.15, -0.1) is 0 Å². The van der Waals surface area contributed by atoms with Crippen molar-refractivity contribution in [3.8, 4) is 11.5 Å². The fourth-order valence-corrected chi connectivity index (χ4v) is 4.22. The molecule has 3 aliphatic rings. The zero-order chi connectivity index (χ0) is 19.0. The Bertz CT molecular complexity index is 746. The van der Waals surface area contributed by atoms with Crippen LogP contribution in [0.2, 0.25) is 0 Å². The van der Waals surface area contributed by atoms with Crippen LogP contribution in [0.4, 0.5) is 10.5 Å². The number of nitrogens with zero attached hydrogens (tertiary/aromatic N) is 2. The zero-order valence-electron chi connectivity index (χ0n) is 15.7. The predicted molar refractivity (Wildman–Crippen MR) is 106 cm³/mol. The summed E-state index contributed by atoms with van der Waals surface area (Å²) in [6.45, 7) is 7.31. The smallest absolute Gasteiger partial charge is 0.410 e. The molecule has 2 fully saturated rings. The van der Waals surface area contributed by atoms with Crippen molar-refractivity contribution in [1.82, 2.24) is 9.80 Å². The maximum absolute atomic E-state index is 12.1. The summed E-state index contributed by atoms with van der Waals surface area (Å²) in [4.78, 5) is 16.1. The van der Waals surface area contributed by atoms with Crippen LogP contribution in [0.1, 0.15) is 26.7 Å². The first-order valence-electron chi connectivity index (χ1n) is 9.36. The number of likely N-dealkylation sites (tertiary alicyclic amines) is 1. The maximum Gasteiger partial charge on any atom is 0.410 e. The average Bonchev–Trinajstić information content (AvgIpc) is 2.94. The summed E-state index contributed by atoms with van der Waals surface area (Å²) < 4.78 is 16.4. The normalized spacial score (nSPS) is 21.8. The first-order valence-corrected chi connectivity index (χ1v) is 9.76. The SMILES string of the molecule is CC1(C)COC(=O)N1C1CCN(C(=S)Nc2ccc3c(c2)OCCO3)CC1. The average molecular weight is 391 g/mol. The number of hydrogen-bond acceptors (Lipinski definition) is 5. The van der Waals surface area contributed by atoms with Gasteiger partial charge in [0.25, 0.3) is 0 Å². The summed E-state index contributed by atoms with van der Waals surface area (Å²) in [6.07, 6.45) is 1.55. The maximum atomic E-state index is 12.1. The molecule has 3 heterocycles. The van der Waals surface area contributed by atoms with Crippen LogP contribution >= 0.6 is 12.2 Å². The highest BCUT2D eigenvalue weighted by Gasteiger charge is 2.44. The second-order valence-electron chi connectivity index (χ2n) is 7.74. The van der Waals surface area contributed by atoms with Gasteiger partial charge in [-0.2, -0.15) is 0 Å². The van der Waals surface area contributed by atoms with E-state index in [1.807, 2.05) is 23.1 Å². The first-order chi connectivity index (χ1) is 12.9. The molecule has 0 aromatic heterocycles. The van der Waals surface area contributed by atoms with E-state index in [0.29, 0.717) is 24.9 Å². The van der Waals surface area contributed by atoms with E-state index in [2.05, 4.69) is 24.1 Å². The van der Waals surface area contributed by atoms with Crippen LogP contribution in [0.5, 0.6) is 11.5 Å². The van der Waals surface area contributed by atoms with Crippen LogP contribution in [0.25, 0.3) is 0 Å². The van der Waals surface area contributed by atoms with E-state index in [9.17, 15) is 4.79 Å². The minimum Gasteiger partial charge on any atom is -0.486 e. The van der Waals surface area contributed by atoms with Crippen LogP contribution < -0.4 is 14.8 Å². The summed E-state index contributed by atoms with van der Waals surface area (Å²) in [7, 11) is 0. The molecule has 0 spiro atoms. The summed E-state index contributed by atoms with van der Waals surface area (Å²) in [5, 5.41) is 3.98. The number of carbonyl (C=O) groups excluding carboxylic acids is 1. The van der Waals surface area contributed by atoms with Gasteiger partial charge in [0.1, 0.15) is 19.8 Å². The number of cyclic esters (lactones) is 1. The first kappa shape index (κ1) is 18.2.